The van der Waals surface area contributed by atoms with Crippen molar-refractivity contribution < 1.29 is 4.39 Å². The lowest BCUT2D eigenvalue weighted by molar-refractivity contribution is 0.535. The van der Waals surface area contributed by atoms with Crippen LogP contribution in [-0.4, -0.2) is 5.71 Å². The van der Waals surface area contributed by atoms with Gasteiger partial charge in [-0.1, -0.05) is 58.8 Å². The average Bonchev–Trinajstić information content (AvgIpc) is 2.43. The van der Waals surface area contributed by atoms with Crippen molar-refractivity contribution in [1.82, 2.24) is 0 Å². The Kier molecular flexibility index (Phi) is 10.8. The molecule has 0 fully saturated rings. The van der Waals surface area contributed by atoms with Gasteiger partial charge in [-0.25, -0.2) is 4.99 Å². The van der Waals surface area contributed by atoms with Gasteiger partial charge >= 0.3 is 0 Å². The molecular weight excluding hydrogens is 273 g/mol. The number of halogens is 1. The van der Waals surface area contributed by atoms with Crippen LogP contribution < -0.4 is 0 Å². The summed E-state index contributed by atoms with van der Waals surface area (Å²) in [6, 6.07) is 0. The van der Waals surface area contributed by atoms with Gasteiger partial charge in [-0.2, -0.15) is 4.39 Å². The van der Waals surface area contributed by atoms with Gasteiger partial charge in [0.15, 0.2) is 0 Å². The number of hydrogen-bond donors (Lipinski definition) is 0. The molecule has 0 amide bonds. The summed E-state index contributed by atoms with van der Waals surface area (Å²) < 4.78 is 13.6. The Balaban J connectivity index is 5.12. The highest BCUT2D eigenvalue weighted by molar-refractivity contribution is 5.99. The fourth-order valence-corrected chi connectivity index (χ4v) is 2.72. The predicted octanol–water partition coefficient (Wildman–Crippen LogP) is 7.02. The molecule has 0 spiro atoms. The Labute approximate surface area is 137 Å². The van der Waals surface area contributed by atoms with Gasteiger partial charge in [0.05, 0.1) is 0 Å². The van der Waals surface area contributed by atoms with E-state index in [1.807, 2.05) is 6.92 Å². The monoisotopic (exact) mass is 307 g/mol. The summed E-state index contributed by atoms with van der Waals surface area (Å²) in [6.45, 7) is 16.5. The highest BCUT2D eigenvalue weighted by atomic mass is 19.1. The molecule has 126 valence electrons. The zero-order valence-electron chi connectivity index (χ0n) is 15.4. The van der Waals surface area contributed by atoms with Crippen LogP contribution in [0.5, 0.6) is 0 Å². The van der Waals surface area contributed by atoms with Crippen molar-refractivity contribution in [3.05, 3.63) is 35.8 Å². The minimum Gasteiger partial charge on any atom is -0.225 e. The first kappa shape index (κ1) is 20.8. The highest BCUT2D eigenvalue weighted by Gasteiger charge is 2.14. The molecule has 1 unspecified atom stereocenters. The van der Waals surface area contributed by atoms with Gasteiger partial charge in [0.2, 0.25) is 5.95 Å². The van der Waals surface area contributed by atoms with Crippen molar-refractivity contribution in [2.24, 2.45) is 16.8 Å². The van der Waals surface area contributed by atoms with Gasteiger partial charge in [0.25, 0.3) is 0 Å². The Morgan fingerprint density at radius 1 is 1.18 bits per heavy atom. The van der Waals surface area contributed by atoms with E-state index in [0.717, 1.165) is 24.5 Å². The zero-order valence-corrected chi connectivity index (χ0v) is 15.4. The van der Waals surface area contributed by atoms with E-state index in [2.05, 4.69) is 46.2 Å². The molecule has 0 N–H and O–H groups in total. The van der Waals surface area contributed by atoms with Crippen molar-refractivity contribution in [2.75, 3.05) is 0 Å². The number of nitrogens with zero attached hydrogens (tertiary/aromatic N) is 1. The number of aliphatic imine (C=N–C) groups is 1. The van der Waals surface area contributed by atoms with Crippen LogP contribution in [0.25, 0.3) is 0 Å². The van der Waals surface area contributed by atoms with Crippen molar-refractivity contribution >= 4 is 5.71 Å². The van der Waals surface area contributed by atoms with Crippen molar-refractivity contribution in [1.29, 1.82) is 0 Å². The molecule has 0 aromatic rings. The maximum atomic E-state index is 13.6. The highest BCUT2D eigenvalue weighted by Crippen LogP contribution is 2.25. The third-order valence-corrected chi connectivity index (χ3v) is 4.07. The van der Waals surface area contributed by atoms with Crippen LogP contribution in [-0.2, 0) is 0 Å². The third kappa shape index (κ3) is 8.31. The molecule has 0 aromatic heterocycles. The number of unbranched alkanes of at least 4 members (excludes halogenated alkanes) is 1. The van der Waals surface area contributed by atoms with E-state index in [-0.39, 0.29) is 0 Å². The zero-order chi connectivity index (χ0) is 17.1. The second-order valence-electron chi connectivity index (χ2n) is 6.57. The molecule has 0 saturated carbocycles. The number of rotatable bonds is 10. The van der Waals surface area contributed by atoms with Crippen molar-refractivity contribution in [2.45, 2.75) is 73.6 Å². The van der Waals surface area contributed by atoms with Gasteiger partial charge in [-0.3, -0.25) is 0 Å². The van der Waals surface area contributed by atoms with E-state index in [1.54, 1.807) is 0 Å². The van der Waals surface area contributed by atoms with Gasteiger partial charge in [-0.15, -0.1) is 0 Å². The minimum absolute atomic E-state index is 0.408. The molecule has 0 aliphatic carbocycles. The van der Waals surface area contributed by atoms with Crippen molar-refractivity contribution in [3.8, 4) is 0 Å². The molecule has 0 bridgehead atoms. The molecule has 0 radical (unpaired) electrons. The summed E-state index contributed by atoms with van der Waals surface area (Å²) in [7, 11) is 0. The molecule has 0 saturated heterocycles. The molecule has 22 heavy (non-hydrogen) atoms. The fourth-order valence-electron chi connectivity index (χ4n) is 2.72. The Bertz CT molecular complexity index is 427. The van der Waals surface area contributed by atoms with E-state index in [9.17, 15) is 4.39 Å². The lowest BCUT2D eigenvalue weighted by Gasteiger charge is -2.18. The van der Waals surface area contributed by atoms with Crippen LogP contribution in [0, 0.1) is 11.8 Å². The normalized spacial score (nSPS) is 15.8. The molecule has 0 aliphatic rings. The average molecular weight is 307 g/mol. The molecule has 1 nitrogen and oxygen atoms in total. The first-order valence-electron chi connectivity index (χ1n) is 8.56. The first-order chi connectivity index (χ1) is 10.3. The van der Waals surface area contributed by atoms with Gasteiger partial charge < -0.3 is 0 Å². The van der Waals surface area contributed by atoms with Gasteiger partial charge in [0.1, 0.15) is 0 Å². The molecule has 0 aliphatic heterocycles. The number of allylic oxidation sites excluding steroid dienone is 4. The quantitative estimate of drug-likeness (QED) is 0.178. The smallest absolute Gasteiger partial charge is 0.213 e. The van der Waals surface area contributed by atoms with Crippen LogP contribution >= 0.6 is 0 Å². The van der Waals surface area contributed by atoms with E-state index in [0.29, 0.717) is 5.92 Å². The summed E-state index contributed by atoms with van der Waals surface area (Å²) >= 11 is 0. The maximum Gasteiger partial charge on any atom is 0.213 e. The minimum atomic E-state index is -0.471. The second kappa shape index (κ2) is 11.4. The lowest BCUT2D eigenvalue weighted by atomic mass is 9.88. The maximum absolute atomic E-state index is 13.6. The largest absolute Gasteiger partial charge is 0.225 e. The van der Waals surface area contributed by atoms with E-state index >= 15 is 0 Å². The molecule has 1 atom stereocenters. The second-order valence-corrected chi connectivity index (χ2v) is 6.57. The SMILES string of the molecule is C=C\C=C(F)/N=C(C)/C(=C(\C)CCCCC(C)C)C(C)CC. The summed E-state index contributed by atoms with van der Waals surface area (Å²) in [5.41, 5.74) is 3.37. The van der Waals surface area contributed by atoms with Gasteiger partial charge in [-0.05, 0) is 56.6 Å². The van der Waals surface area contributed by atoms with Crippen LogP contribution in [0.15, 0.2) is 40.8 Å². The lowest BCUT2D eigenvalue weighted by Crippen LogP contribution is -2.10. The fraction of sp³-hybridized carbons (Fsp3) is 0.650. The Morgan fingerprint density at radius 3 is 2.32 bits per heavy atom. The van der Waals surface area contributed by atoms with Crippen LogP contribution in [0.3, 0.4) is 0 Å². The predicted molar refractivity (Wildman–Crippen MR) is 98.0 cm³/mol. The van der Waals surface area contributed by atoms with E-state index < -0.39 is 5.95 Å². The van der Waals surface area contributed by atoms with E-state index in [4.69, 9.17) is 0 Å². The summed E-state index contributed by atoms with van der Waals surface area (Å²) in [5, 5.41) is 0. The Hall–Kier alpha value is -1.18. The van der Waals surface area contributed by atoms with E-state index in [1.165, 1.54) is 42.6 Å². The molecule has 0 aromatic carbocycles. The summed E-state index contributed by atoms with van der Waals surface area (Å²) in [5.74, 6) is 0.700. The van der Waals surface area contributed by atoms with Crippen LogP contribution in [0.2, 0.25) is 0 Å². The summed E-state index contributed by atoms with van der Waals surface area (Å²) in [4.78, 5) is 4.10. The standard InChI is InChI=1S/C20H34FN/c1-8-12-19(21)22-18(7)20(16(5)9-2)17(6)14-11-10-13-15(3)4/h8,12,15-16H,1,9-11,13-14H2,2-7H3/b19-12-,20-17+,22-18+. The molecule has 2 heteroatoms. The van der Waals surface area contributed by atoms with Crippen LogP contribution in [0.4, 0.5) is 4.39 Å². The first-order valence-corrected chi connectivity index (χ1v) is 8.56. The topological polar surface area (TPSA) is 12.4 Å². The Morgan fingerprint density at radius 2 is 1.82 bits per heavy atom. The number of hydrogen-bond acceptors (Lipinski definition) is 1. The molecule has 0 heterocycles. The molecular formula is C20H34FN. The molecule has 0 rings (SSSR count). The van der Waals surface area contributed by atoms with Crippen LogP contribution in [0.1, 0.15) is 73.6 Å². The van der Waals surface area contributed by atoms with Crippen molar-refractivity contribution in [3.63, 3.8) is 0 Å². The third-order valence-electron chi connectivity index (χ3n) is 4.07. The van der Waals surface area contributed by atoms with Gasteiger partial charge in [0, 0.05) is 5.71 Å². The summed E-state index contributed by atoms with van der Waals surface area (Å²) in [6.07, 6.45) is 8.57.